The molecule has 0 bridgehead atoms. The van der Waals surface area contributed by atoms with Crippen molar-refractivity contribution in [1.29, 1.82) is 0 Å². The van der Waals surface area contributed by atoms with Crippen LogP contribution in [-0.2, 0) is 22.8 Å². The van der Waals surface area contributed by atoms with Crippen molar-refractivity contribution in [3.8, 4) is 11.4 Å². The monoisotopic (exact) mass is 571 g/mol. The molecule has 1 heterocycles. The van der Waals surface area contributed by atoms with E-state index < -0.39 is 28.6 Å². The summed E-state index contributed by atoms with van der Waals surface area (Å²) in [5.41, 5.74) is 1.54. The summed E-state index contributed by atoms with van der Waals surface area (Å²) in [5, 5.41) is 4.15. The highest BCUT2D eigenvalue weighted by Gasteiger charge is 2.30. The minimum absolute atomic E-state index is 0.198. The molecule has 0 saturated heterocycles. The van der Waals surface area contributed by atoms with Gasteiger partial charge < -0.3 is 9.47 Å². The number of esters is 1. The standard InChI is InChI=1S/C29H28F3N3O4S/c1-5-38-25(36)17-39-23-15-19(3)24(16-18(23)2)40-26(20-9-7-6-8-10-20)27-33-35(28(37)34(27)4)22-13-11-21(12-14-22)29(30,31)32/h6-16,26H,5,17H2,1-4H3. The fourth-order valence-electron chi connectivity index (χ4n) is 4.05. The molecule has 0 spiro atoms. The predicted octanol–water partition coefficient (Wildman–Crippen LogP) is 6.03. The Labute approximate surface area is 233 Å². The molecular formula is C29H28F3N3O4S. The Bertz CT molecular complexity index is 1550. The molecule has 0 fully saturated rings. The molecule has 0 saturated carbocycles. The average molecular weight is 572 g/mol. The number of ether oxygens (including phenoxy) is 2. The smallest absolute Gasteiger partial charge is 0.416 e. The van der Waals surface area contributed by atoms with Gasteiger partial charge >= 0.3 is 17.8 Å². The SMILES string of the molecule is CCOC(=O)COc1cc(C)c(SC(c2ccccc2)c2nn(-c3ccc(C(F)(F)F)cc3)c(=O)n2C)cc1C. The van der Waals surface area contributed by atoms with Gasteiger partial charge in [-0.05, 0) is 73.9 Å². The third-order valence-corrected chi connectivity index (χ3v) is 7.57. The van der Waals surface area contributed by atoms with Crippen LogP contribution in [0, 0.1) is 13.8 Å². The number of hydrogen-bond donors (Lipinski definition) is 0. The van der Waals surface area contributed by atoms with Gasteiger partial charge in [-0.25, -0.2) is 9.59 Å². The summed E-state index contributed by atoms with van der Waals surface area (Å²) in [6, 6.07) is 17.6. The Kier molecular flexibility index (Phi) is 8.73. The maximum Gasteiger partial charge on any atom is 0.416 e. The predicted molar refractivity (Wildman–Crippen MR) is 146 cm³/mol. The van der Waals surface area contributed by atoms with Crippen LogP contribution < -0.4 is 10.4 Å². The first-order chi connectivity index (χ1) is 19.0. The molecule has 1 atom stereocenters. The lowest BCUT2D eigenvalue weighted by Gasteiger charge is -2.19. The van der Waals surface area contributed by atoms with E-state index >= 15 is 0 Å². The molecule has 0 aliphatic heterocycles. The molecule has 0 aliphatic carbocycles. The van der Waals surface area contributed by atoms with Gasteiger partial charge in [0, 0.05) is 11.9 Å². The van der Waals surface area contributed by atoms with Crippen LogP contribution in [0.3, 0.4) is 0 Å². The topological polar surface area (TPSA) is 75.3 Å². The van der Waals surface area contributed by atoms with E-state index in [4.69, 9.17) is 9.47 Å². The molecule has 40 heavy (non-hydrogen) atoms. The number of aromatic nitrogens is 3. The summed E-state index contributed by atoms with van der Waals surface area (Å²) in [7, 11) is 1.59. The second-order valence-corrected chi connectivity index (χ2v) is 10.2. The van der Waals surface area contributed by atoms with E-state index in [-0.39, 0.29) is 18.9 Å². The Balaban J connectivity index is 1.70. The average Bonchev–Trinajstić information content (AvgIpc) is 3.22. The number of hydrogen-bond acceptors (Lipinski definition) is 6. The van der Waals surface area contributed by atoms with Crippen molar-refractivity contribution in [2.45, 2.75) is 37.1 Å². The molecule has 4 aromatic rings. The van der Waals surface area contributed by atoms with Crippen LogP contribution in [0.2, 0.25) is 0 Å². The number of thioether (sulfide) groups is 1. The maximum absolute atomic E-state index is 13.2. The first-order valence-electron chi connectivity index (χ1n) is 12.4. The number of halogens is 3. The molecule has 1 unspecified atom stereocenters. The lowest BCUT2D eigenvalue weighted by Crippen LogP contribution is -2.22. The molecule has 0 amide bonds. The zero-order valence-electron chi connectivity index (χ0n) is 22.4. The summed E-state index contributed by atoms with van der Waals surface area (Å²) in [6.07, 6.45) is -4.48. The van der Waals surface area contributed by atoms with Crippen LogP contribution >= 0.6 is 11.8 Å². The molecule has 4 rings (SSSR count). The zero-order chi connectivity index (χ0) is 29.0. The summed E-state index contributed by atoms with van der Waals surface area (Å²) < 4.78 is 52.2. The van der Waals surface area contributed by atoms with Gasteiger partial charge in [-0.2, -0.15) is 17.9 Å². The minimum Gasteiger partial charge on any atom is -0.482 e. The molecular weight excluding hydrogens is 543 g/mol. The third-order valence-electron chi connectivity index (χ3n) is 6.16. The molecule has 0 N–H and O–H groups in total. The van der Waals surface area contributed by atoms with Crippen LogP contribution in [0.1, 0.15) is 40.3 Å². The maximum atomic E-state index is 13.2. The van der Waals surface area contributed by atoms with Crippen LogP contribution in [-0.4, -0.2) is 33.5 Å². The number of aryl methyl sites for hydroxylation is 2. The first-order valence-corrected chi connectivity index (χ1v) is 13.3. The van der Waals surface area contributed by atoms with Crippen molar-refractivity contribution in [3.63, 3.8) is 0 Å². The van der Waals surface area contributed by atoms with Gasteiger partial charge in [-0.3, -0.25) is 4.57 Å². The van der Waals surface area contributed by atoms with Crippen LogP contribution in [0.5, 0.6) is 5.75 Å². The van der Waals surface area contributed by atoms with Crippen molar-refractivity contribution < 1.29 is 27.4 Å². The van der Waals surface area contributed by atoms with Crippen molar-refractivity contribution >= 4 is 17.7 Å². The van der Waals surface area contributed by atoms with Gasteiger partial charge in [0.1, 0.15) is 5.75 Å². The summed E-state index contributed by atoms with van der Waals surface area (Å²) in [5.74, 6) is 0.539. The molecule has 0 radical (unpaired) electrons. The third kappa shape index (κ3) is 6.41. The van der Waals surface area contributed by atoms with Crippen molar-refractivity contribution in [2.75, 3.05) is 13.2 Å². The van der Waals surface area contributed by atoms with E-state index in [1.165, 1.54) is 28.5 Å². The number of carbonyl (C=O) groups is 1. The molecule has 210 valence electrons. The summed E-state index contributed by atoms with van der Waals surface area (Å²) in [4.78, 5) is 25.8. The minimum atomic E-state index is -4.48. The number of rotatable bonds is 9. The van der Waals surface area contributed by atoms with E-state index in [1.807, 2.05) is 56.3 Å². The summed E-state index contributed by atoms with van der Waals surface area (Å²) >= 11 is 1.48. The number of carbonyl (C=O) groups excluding carboxylic acids is 1. The number of alkyl halides is 3. The van der Waals surface area contributed by atoms with Gasteiger partial charge in [0.25, 0.3) is 0 Å². The molecule has 11 heteroatoms. The van der Waals surface area contributed by atoms with Crippen LogP contribution in [0.25, 0.3) is 5.69 Å². The van der Waals surface area contributed by atoms with E-state index in [1.54, 1.807) is 14.0 Å². The van der Waals surface area contributed by atoms with E-state index in [2.05, 4.69) is 5.10 Å². The second-order valence-electron chi connectivity index (χ2n) is 9.04. The highest BCUT2D eigenvalue weighted by Crippen LogP contribution is 2.42. The fourth-order valence-corrected chi connectivity index (χ4v) is 5.40. The van der Waals surface area contributed by atoms with Gasteiger partial charge in [-0.1, -0.05) is 30.3 Å². The van der Waals surface area contributed by atoms with Crippen molar-refractivity contribution in [1.82, 2.24) is 14.3 Å². The van der Waals surface area contributed by atoms with E-state index in [0.29, 0.717) is 11.6 Å². The van der Waals surface area contributed by atoms with Gasteiger partial charge in [0.2, 0.25) is 0 Å². The molecule has 1 aromatic heterocycles. The normalized spacial score (nSPS) is 12.3. The largest absolute Gasteiger partial charge is 0.482 e. The van der Waals surface area contributed by atoms with E-state index in [0.717, 1.165) is 38.4 Å². The van der Waals surface area contributed by atoms with Crippen molar-refractivity contribution in [2.24, 2.45) is 7.05 Å². The lowest BCUT2D eigenvalue weighted by atomic mass is 10.1. The van der Waals surface area contributed by atoms with Crippen molar-refractivity contribution in [3.05, 3.63) is 105 Å². The lowest BCUT2D eigenvalue weighted by molar-refractivity contribution is -0.145. The van der Waals surface area contributed by atoms with Gasteiger partial charge in [0.05, 0.1) is 23.1 Å². The van der Waals surface area contributed by atoms with Crippen LogP contribution in [0.15, 0.2) is 76.4 Å². The Morgan fingerprint density at radius 2 is 1.70 bits per heavy atom. The number of benzene rings is 3. The van der Waals surface area contributed by atoms with Crippen LogP contribution in [0.4, 0.5) is 13.2 Å². The molecule has 3 aromatic carbocycles. The Morgan fingerprint density at radius 1 is 1.02 bits per heavy atom. The zero-order valence-corrected chi connectivity index (χ0v) is 23.2. The quantitative estimate of drug-likeness (QED) is 0.180. The van der Waals surface area contributed by atoms with Gasteiger partial charge in [-0.15, -0.1) is 16.9 Å². The highest BCUT2D eigenvalue weighted by atomic mass is 32.2. The van der Waals surface area contributed by atoms with Gasteiger partial charge in [0.15, 0.2) is 12.4 Å². The summed E-state index contributed by atoms with van der Waals surface area (Å²) in [6.45, 7) is 5.59. The number of nitrogens with zero attached hydrogens (tertiary/aromatic N) is 3. The second kappa shape index (κ2) is 12.0. The Hall–Kier alpha value is -3.99. The van der Waals surface area contributed by atoms with E-state index in [9.17, 15) is 22.8 Å². The highest BCUT2D eigenvalue weighted by molar-refractivity contribution is 7.99. The molecule has 0 aliphatic rings. The first kappa shape index (κ1) is 29.0. The Morgan fingerprint density at radius 3 is 2.33 bits per heavy atom. The molecule has 7 nitrogen and oxygen atoms in total. The fraction of sp³-hybridized carbons (Fsp3) is 0.276.